The van der Waals surface area contributed by atoms with Crippen LogP contribution < -0.4 is 0 Å². The molecule has 0 saturated carbocycles. The molecular weight excluding hydrogens is 262 g/mol. The minimum absolute atomic E-state index is 0.200. The zero-order valence-electron chi connectivity index (χ0n) is 7.46. The van der Waals surface area contributed by atoms with Crippen LogP contribution in [0.2, 0.25) is 0 Å². The number of hydrogen-bond donors (Lipinski definition) is 1. The summed E-state index contributed by atoms with van der Waals surface area (Å²) in [5.41, 5.74) is 0.797. The van der Waals surface area contributed by atoms with E-state index in [1.54, 1.807) is 6.07 Å². The van der Waals surface area contributed by atoms with Crippen molar-refractivity contribution in [1.29, 1.82) is 0 Å². The molecule has 0 aliphatic rings. The fourth-order valence-electron chi connectivity index (χ4n) is 1.14. The molecule has 0 radical (unpaired) electrons. The molecule has 2 rings (SSSR count). The molecule has 0 spiro atoms. The number of aromatic carboxylic acids is 1. The van der Waals surface area contributed by atoms with Gasteiger partial charge in [-0.3, -0.25) is 0 Å². The van der Waals surface area contributed by atoms with E-state index in [2.05, 4.69) is 26.1 Å². The molecule has 0 fully saturated rings. The Balaban J connectivity index is 2.55. The number of halogens is 1. The van der Waals surface area contributed by atoms with E-state index in [-0.39, 0.29) is 5.56 Å². The van der Waals surface area contributed by atoms with Crippen molar-refractivity contribution in [2.75, 3.05) is 0 Å². The van der Waals surface area contributed by atoms with Crippen LogP contribution in [0.15, 0.2) is 35.1 Å². The number of rotatable bonds is 2. The van der Waals surface area contributed by atoms with Crippen LogP contribution in [-0.2, 0) is 0 Å². The van der Waals surface area contributed by atoms with Crippen LogP contribution in [0.4, 0.5) is 0 Å². The van der Waals surface area contributed by atoms with Crippen molar-refractivity contribution < 1.29 is 9.90 Å². The van der Waals surface area contributed by atoms with E-state index in [1.165, 1.54) is 29.3 Å². The van der Waals surface area contributed by atoms with E-state index in [0.717, 1.165) is 4.47 Å². The van der Waals surface area contributed by atoms with E-state index in [0.29, 0.717) is 5.69 Å². The molecule has 0 saturated heterocycles. The number of benzene rings is 1. The Bertz CT molecular complexity index is 496. The molecule has 5 nitrogen and oxygen atoms in total. The first-order valence-electron chi connectivity index (χ1n) is 4.08. The summed E-state index contributed by atoms with van der Waals surface area (Å²) in [4.78, 5) is 12.1. The molecule has 0 unspecified atom stereocenters. The van der Waals surface area contributed by atoms with Crippen molar-refractivity contribution in [3.8, 4) is 5.69 Å². The van der Waals surface area contributed by atoms with E-state index in [1.807, 2.05) is 0 Å². The Labute approximate surface area is 93.5 Å². The third kappa shape index (κ3) is 1.89. The number of carboxylic acid groups (broad SMARTS) is 1. The first-order chi connectivity index (χ1) is 7.18. The average Bonchev–Trinajstić information content (AvgIpc) is 2.71. The highest BCUT2D eigenvalue weighted by Gasteiger charge is 2.09. The molecule has 76 valence electrons. The molecule has 1 aromatic heterocycles. The average molecular weight is 268 g/mol. The summed E-state index contributed by atoms with van der Waals surface area (Å²) >= 11 is 3.31. The van der Waals surface area contributed by atoms with Gasteiger partial charge in [-0.2, -0.15) is 15.0 Å². The maximum Gasteiger partial charge on any atom is 0.335 e. The summed E-state index contributed by atoms with van der Waals surface area (Å²) in [7, 11) is 0. The van der Waals surface area contributed by atoms with Crippen LogP contribution in [0.25, 0.3) is 5.69 Å². The predicted octanol–water partition coefficient (Wildman–Crippen LogP) is 1.73. The van der Waals surface area contributed by atoms with E-state index in [4.69, 9.17) is 5.11 Å². The van der Waals surface area contributed by atoms with Gasteiger partial charge >= 0.3 is 5.97 Å². The molecule has 2 aromatic rings. The Morgan fingerprint density at radius 1 is 1.33 bits per heavy atom. The number of nitrogens with zero attached hydrogens (tertiary/aromatic N) is 3. The molecule has 1 N–H and O–H groups in total. The van der Waals surface area contributed by atoms with Crippen LogP contribution in [0.1, 0.15) is 10.4 Å². The Morgan fingerprint density at radius 3 is 2.60 bits per heavy atom. The summed E-state index contributed by atoms with van der Waals surface area (Å²) in [6.07, 6.45) is 3.06. The molecule has 1 heterocycles. The zero-order chi connectivity index (χ0) is 10.8. The van der Waals surface area contributed by atoms with Crippen molar-refractivity contribution >= 4 is 21.9 Å². The Hall–Kier alpha value is -1.69. The first kappa shape index (κ1) is 9.85. The van der Waals surface area contributed by atoms with Gasteiger partial charge in [0, 0.05) is 4.47 Å². The Kier molecular flexibility index (Phi) is 2.51. The van der Waals surface area contributed by atoms with Gasteiger partial charge in [-0.15, -0.1) is 0 Å². The summed E-state index contributed by atoms with van der Waals surface area (Å²) in [6, 6.07) is 4.67. The van der Waals surface area contributed by atoms with Gasteiger partial charge in [0.25, 0.3) is 0 Å². The van der Waals surface area contributed by atoms with E-state index in [9.17, 15) is 4.79 Å². The van der Waals surface area contributed by atoms with Crippen LogP contribution in [0, 0.1) is 0 Å². The second kappa shape index (κ2) is 3.82. The minimum Gasteiger partial charge on any atom is -0.478 e. The van der Waals surface area contributed by atoms with Crippen molar-refractivity contribution in [2.24, 2.45) is 0 Å². The lowest BCUT2D eigenvalue weighted by molar-refractivity contribution is 0.0697. The lowest BCUT2D eigenvalue weighted by Crippen LogP contribution is -2.03. The van der Waals surface area contributed by atoms with Crippen molar-refractivity contribution in [3.63, 3.8) is 0 Å². The third-order valence-electron chi connectivity index (χ3n) is 1.83. The van der Waals surface area contributed by atoms with Gasteiger partial charge in [0.05, 0.1) is 18.0 Å². The normalized spacial score (nSPS) is 10.2. The Morgan fingerprint density at radius 2 is 2.00 bits per heavy atom. The summed E-state index contributed by atoms with van der Waals surface area (Å²) < 4.78 is 0.740. The second-order valence-electron chi connectivity index (χ2n) is 2.79. The molecule has 0 aliphatic heterocycles. The summed E-state index contributed by atoms with van der Waals surface area (Å²) in [6.45, 7) is 0. The molecule has 1 aromatic carbocycles. The van der Waals surface area contributed by atoms with Gasteiger partial charge in [0.1, 0.15) is 5.69 Å². The second-order valence-corrected chi connectivity index (χ2v) is 3.64. The quantitative estimate of drug-likeness (QED) is 0.900. The number of carboxylic acids is 1. The fourth-order valence-corrected chi connectivity index (χ4v) is 1.54. The lowest BCUT2D eigenvalue weighted by Gasteiger charge is -2.03. The molecular formula is C9H6BrN3O2. The standard InChI is InChI=1S/C9H6BrN3O2/c10-7-2-1-6(9(14)15)5-8(7)13-11-3-4-12-13/h1-5H,(H,14,15). The monoisotopic (exact) mass is 267 g/mol. The number of hydrogen-bond acceptors (Lipinski definition) is 3. The van der Waals surface area contributed by atoms with Crippen LogP contribution in [0.3, 0.4) is 0 Å². The summed E-state index contributed by atoms with van der Waals surface area (Å²) in [5.74, 6) is -0.976. The molecule has 0 amide bonds. The zero-order valence-corrected chi connectivity index (χ0v) is 9.05. The number of aromatic nitrogens is 3. The van der Waals surface area contributed by atoms with Crippen molar-refractivity contribution in [1.82, 2.24) is 15.0 Å². The molecule has 0 aliphatic carbocycles. The topological polar surface area (TPSA) is 68.0 Å². The SMILES string of the molecule is O=C(O)c1ccc(Br)c(-n2nccn2)c1. The van der Waals surface area contributed by atoms with Gasteiger partial charge < -0.3 is 5.11 Å². The maximum absolute atomic E-state index is 10.8. The van der Waals surface area contributed by atoms with Crippen molar-refractivity contribution in [3.05, 3.63) is 40.6 Å². The van der Waals surface area contributed by atoms with Gasteiger partial charge in [-0.05, 0) is 34.1 Å². The van der Waals surface area contributed by atoms with Gasteiger partial charge in [0.2, 0.25) is 0 Å². The predicted molar refractivity (Wildman–Crippen MR) is 56.0 cm³/mol. The molecule has 0 atom stereocenters. The van der Waals surface area contributed by atoms with Crippen LogP contribution >= 0.6 is 15.9 Å². The highest BCUT2D eigenvalue weighted by Crippen LogP contribution is 2.20. The molecule has 0 bridgehead atoms. The first-order valence-corrected chi connectivity index (χ1v) is 4.87. The fraction of sp³-hybridized carbons (Fsp3) is 0. The van der Waals surface area contributed by atoms with Crippen LogP contribution in [0.5, 0.6) is 0 Å². The van der Waals surface area contributed by atoms with E-state index >= 15 is 0 Å². The maximum atomic E-state index is 10.8. The van der Waals surface area contributed by atoms with Crippen LogP contribution in [-0.4, -0.2) is 26.1 Å². The third-order valence-corrected chi connectivity index (χ3v) is 2.50. The van der Waals surface area contributed by atoms with E-state index < -0.39 is 5.97 Å². The summed E-state index contributed by atoms with van der Waals surface area (Å²) in [5, 5.41) is 16.7. The minimum atomic E-state index is -0.976. The highest BCUT2D eigenvalue weighted by molar-refractivity contribution is 9.10. The molecule has 6 heteroatoms. The van der Waals surface area contributed by atoms with Gasteiger partial charge in [-0.25, -0.2) is 4.79 Å². The van der Waals surface area contributed by atoms with Gasteiger partial charge in [0.15, 0.2) is 0 Å². The highest BCUT2D eigenvalue weighted by atomic mass is 79.9. The van der Waals surface area contributed by atoms with Crippen molar-refractivity contribution in [2.45, 2.75) is 0 Å². The number of carbonyl (C=O) groups is 1. The smallest absolute Gasteiger partial charge is 0.335 e. The lowest BCUT2D eigenvalue weighted by atomic mass is 10.2. The largest absolute Gasteiger partial charge is 0.478 e. The van der Waals surface area contributed by atoms with Gasteiger partial charge in [-0.1, -0.05) is 0 Å². The molecule has 15 heavy (non-hydrogen) atoms.